The molecule has 0 radical (unpaired) electrons. The Morgan fingerprint density at radius 1 is 1.12 bits per heavy atom. The summed E-state index contributed by atoms with van der Waals surface area (Å²) in [5, 5.41) is 9.39. The van der Waals surface area contributed by atoms with E-state index < -0.39 is 5.54 Å². The zero-order chi connectivity index (χ0) is 17.5. The highest BCUT2D eigenvalue weighted by Gasteiger charge is 2.35. The number of aliphatic hydroxyl groups is 1. The van der Waals surface area contributed by atoms with Crippen LogP contribution in [0.25, 0.3) is 0 Å². The summed E-state index contributed by atoms with van der Waals surface area (Å²) < 4.78 is 5.57. The molecule has 1 saturated carbocycles. The minimum Gasteiger partial charge on any atom is -0.394 e. The summed E-state index contributed by atoms with van der Waals surface area (Å²) in [5.74, 6) is 6.63. The first-order chi connectivity index (χ1) is 12.2. The Kier molecular flexibility index (Phi) is 5.88. The number of hydrogen-bond donors (Lipinski definition) is 2. The molecule has 0 heterocycles. The van der Waals surface area contributed by atoms with Gasteiger partial charge in [0.1, 0.15) is 6.61 Å². The van der Waals surface area contributed by atoms with Crippen molar-refractivity contribution in [3.05, 3.63) is 71.3 Å². The van der Waals surface area contributed by atoms with Crippen molar-refractivity contribution in [1.82, 2.24) is 0 Å². The van der Waals surface area contributed by atoms with Gasteiger partial charge in [-0.1, -0.05) is 54.3 Å². The highest BCUT2D eigenvalue weighted by Crippen LogP contribution is 2.39. The van der Waals surface area contributed by atoms with E-state index in [0.717, 1.165) is 30.4 Å². The fraction of sp³-hybridized carbons (Fsp3) is 0.364. The molecule has 0 spiro atoms. The maximum absolute atomic E-state index is 9.39. The molecule has 0 amide bonds. The first-order valence-electron chi connectivity index (χ1n) is 8.79. The molecule has 2 atom stereocenters. The molecule has 1 fully saturated rings. The Labute approximate surface area is 149 Å². The van der Waals surface area contributed by atoms with Crippen LogP contribution in [0, 0.1) is 11.8 Å². The van der Waals surface area contributed by atoms with Crippen molar-refractivity contribution in [2.45, 2.75) is 37.3 Å². The smallest absolute Gasteiger partial charge is 0.108 e. The van der Waals surface area contributed by atoms with E-state index >= 15 is 0 Å². The van der Waals surface area contributed by atoms with Crippen LogP contribution in [-0.4, -0.2) is 23.9 Å². The van der Waals surface area contributed by atoms with E-state index in [4.69, 9.17) is 10.5 Å². The van der Waals surface area contributed by atoms with Crippen LogP contribution in [0.15, 0.2) is 54.6 Å². The molecule has 0 aliphatic heterocycles. The molecule has 0 aromatic heterocycles. The summed E-state index contributed by atoms with van der Waals surface area (Å²) in [6, 6.07) is 18.5. The van der Waals surface area contributed by atoms with Crippen molar-refractivity contribution in [1.29, 1.82) is 0 Å². The third-order valence-electron chi connectivity index (χ3n) is 4.86. The van der Waals surface area contributed by atoms with Gasteiger partial charge in [0.25, 0.3) is 0 Å². The van der Waals surface area contributed by atoms with Crippen molar-refractivity contribution in [3.63, 3.8) is 0 Å². The van der Waals surface area contributed by atoms with Gasteiger partial charge < -0.3 is 15.6 Å². The summed E-state index contributed by atoms with van der Waals surface area (Å²) in [6.45, 7) is 1.07. The third-order valence-corrected chi connectivity index (χ3v) is 4.86. The summed E-state index contributed by atoms with van der Waals surface area (Å²) in [4.78, 5) is 0. The standard InChI is InChI=1S/C22H25NO2/c23-22(17-24)13-12-21(15-22)20-10-8-18(9-11-20)7-4-14-25-16-19-5-2-1-3-6-19/h1-3,5-6,8-11,21,24H,12-17,23H2/t21-,22+/m1/s1. The van der Waals surface area contributed by atoms with Gasteiger partial charge >= 0.3 is 0 Å². The van der Waals surface area contributed by atoms with Crippen LogP contribution in [0.3, 0.4) is 0 Å². The molecule has 3 heteroatoms. The predicted octanol–water partition coefficient (Wildman–Crippen LogP) is 3.21. The molecule has 0 bridgehead atoms. The number of aliphatic hydroxyl groups excluding tert-OH is 1. The number of nitrogens with two attached hydrogens (primary N) is 1. The first-order valence-corrected chi connectivity index (χ1v) is 8.79. The molecular formula is C22H25NO2. The SMILES string of the molecule is N[C@@]1(CO)CC[C@@H](c2ccc(C#CCOCc3ccccc3)cc2)C1. The third kappa shape index (κ3) is 4.93. The van der Waals surface area contributed by atoms with Crippen LogP contribution in [0.4, 0.5) is 0 Å². The van der Waals surface area contributed by atoms with E-state index in [1.807, 2.05) is 30.3 Å². The lowest BCUT2D eigenvalue weighted by Crippen LogP contribution is -2.40. The second-order valence-electron chi connectivity index (χ2n) is 6.86. The normalized spacial score (nSPS) is 22.4. The molecule has 3 rings (SSSR count). The Morgan fingerprint density at radius 3 is 2.56 bits per heavy atom. The summed E-state index contributed by atoms with van der Waals surface area (Å²) in [5.41, 5.74) is 9.19. The lowest BCUT2D eigenvalue weighted by molar-refractivity contribution is 0.153. The molecule has 1 aliphatic carbocycles. The van der Waals surface area contributed by atoms with Crippen molar-refractivity contribution in [2.24, 2.45) is 5.73 Å². The van der Waals surface area contributed by atoms with E-state index in [2.05, 4.69) is 36.1 Å². The van der Waals surface area contributed by atoms with E-state index in [9.17, 15) is 5.11 Å². The Bertz CT molecular complexity index is 730. The Hall–Kier alpha value is -2.12. The molecule has 3 nitrogen and oxygen atoms in total. The van der Waals surface area contributed by atoms with Gasteiger partial charge in [0.2, 0.25) is 0 Å². The molecule has 0 saturated heterocycles. The van der Waals surface area contributed by atoms with Crippen molar-refractivity contribution < 1.29 is 9.84 Å². The lowest BCUT2D eigenvalue weighted by Gasteiger charge is -2.20. The van der Waals surface area contributed by atoms with E-state index in [0.29, 0.717) is 19.1 Å². The maximum atomic E-state index is 9.39. The number of benzene rings is 2. The quantitative estimate of drug-likeness (QED) is 0.652. The lowest BCUT2D eigenvalue weighted by atomic mass is 9.93. The first kappa shape index (κ1) is 17.7. The van der Waals surface area contributed by atoms with Gasteiger partial charge in [-0.25, -0.2) is 0 Å². The predicted molar refractivity (Wildman–Crippen MR) is 100 cm³/mol. The van der Waals surface area contributed by atoms with Gasteiger partial charge in [-0.05, 0) is 48.4 Å². The minimum absolute atomic E-state index is 0.0655. The molecule has 2 aromatic carbocycles. The largest absolute Gasteiger partial charge is 0.394 e. The maximum Gasteiger partial charge on any atom is 0.108 e. The monoisotopic (exact) mass is 335 g/mol. The zero-order valence-corrected chi connectivity index (χ0v) is 14.4. The number of hydrogen-bond acceptors (Lipinski definition) is 3. The Balaban J connectivity index is 1.48. The van der Waals surface area contributed by atoms with E-state index in [1.165, 1.54) is 5.56 Å². The average molecular weight is 335 g/mol. The van der Waals surface area contributed by atoms with Crippen LogP contribution < -0.4 is 5.73 Å². The fourth-order valence-electron chi connectivity index (χ4n) is 3.36. The van der Waals surface area contributed by atoms with Gasteiger partial charge in [0.15, 0.2) is 0 Å². The van der Waals surface area contributed by atoms with Crippen LogP contribution in [0.5, 0.6) is 0 Å². The van der Waals surface area contributed by atoms with Crippen LogP contribution in [0.1, 0.15) is 41.9 Å². The van der Waals surface area contributed by atoms with Gasteiger partial charge in [-0.15, -0.1) is 0 Å². The highest BCUT2D eigenvalue weighted by atomic mass is 16.5. The van der Waals surface area contributed by atoms with Gasteiger partial charge in [0.05, 0.1) is 13.2 Å². The Morgan fingerprint density at radius 2 is 1.88 bits per heavy atom. The molecule has 2 aromatic rings. The molecule has 25 heavy (non-hydrogen) atoms. The molecule has 1 aliphatic rings. The second kappa shape index (κ2) is 8.31. The van der Waals surface area contributed by atoms with Crippen LogP contribution in [-0.2, 0) is 11.3 Å². The van der Waals surface area contributed by atoms with Gasteiger partial charge in [-0.3, -0.25) is 0 Å². The zero-order valence-electron chi connectivity index (χ0n) is 14.4. The van der Waals surface area contributed by atoms with Crippen molar-refractivity contribution in [3.8, 4) is 11.8 Å². The summed E-state index contributed by atoms with van der Waals surface area (Å²) in [7, 11) is 0. The van der Waals surface area contributed by atoms with Gasteiger partial charge in [0, 0.05) is 11.1 Å². The number of ether oxygens (including phenoxy) is 1. The fourth-order valence-corrected chi connectivity index (χ4v) is 3.36. The summed E-state index contributed by atoms with van der Waals surface area (Å²) in [6.07, 6.45) is 2.77. The summed E-state index contributed by atoms with van der Waals surface area (Å²) >= 11 is 0. The average Bonchev–Trinajstić information content (AvgIpc) is 3.06. The molecule has 3 N–H and O–H groups in total. The molecule has 130 valence electrons. The van der Waals surface area contributed by atoms with E-state index in [1.54, 1.807) is 0 Å². The second-order valence-corrected chi connectivity index (χ2v) is 6.86. The molecular weight excluding hydrogens is 310 g/mol. The molecule has 0 unspecified atom stereocenters. The van der Waals surface area contributed by atoms with E-state index in [-0.39, 0.29) is 6.61 Å². The topological polar surface area (TPSA) is 55.5 Å². The van der Waals surface area contributed by atoms with Crippen molar-refractivity contribution in [2.75, 3.05) is 13.2 Å². The van der Waals surface area contributed by atoms with Crippen LogP contribution >= 0.6 is 0 Å². The van der Waals surface area contributed by atoms with Gasteiger partial charge in [-0.2, -0.15) is 0 Å². The van der Waals surface area contributed by atoms with Crippen LogP contribution in [0.2, 0.25) is 0 Å². The number of rotatable bonds is 5. The highest BCUT2D eigenvalue weighted by molar-refractivity contribution is 5.37. The van der Waals surface area contributed by atoms with Crippen molar-refractivity contribution >= 4 is 0 Å². The minimum atomic E-state index is -0.404.